The molecule has 0 fully saturated rings. The SMILES string of the molecule is Cc1cccc(C)c1CC(O)c1cc(F)cc(F)c1. The fraction of sp³-hybridized carbons (Fsp3) is 0.250. The quantitative estimate of drug-likeness (QED) is 0.890. The van der Waals surface area contributed by atoms with Crippen LogP contribution in [0.2, 0.25) is 0 Å². The standard InChI is InChI=1S/C16H16F2O/c1-10-4-3-5-11(2)15(10)9-16(19)12-6-13(17)8-14(18)7-12/h3-8,16,19H,9H2,1-2H3. The van der Waals surface area contributed by atoms with Gasteiger partial charge in [0.1, 0.15) is 11.6 Å². The Hall–Kier alpha value is -1.74. The molecular weight excluding hydrogens is 246 g/mol. The molecule has 0 heterocycles. The van der Waals surface area contributed by atoms with Gasteiger partial charge < -0.3 is 5.11 Å². The van der Waals surface area contributed by atoms with E-state index < -0.39 is 17.7 Å². The first-order valence-corrected chi connectivity index (χ1v) is 6.16. The lowest BCUT2D eigenvalue weighted by Gasteiger charge is -2.15. The van der Waals surface area contributed by atoms with E-state index in [1.807, 2.05) is 32.0 Å². The van der Waals surface area contributed by atoms with Crippen LogP contribution in [0, 0.1) is 25.5 Å². The van der Waals surface area contributed by atoms with Crippen molar-refractivity contribution < 1.29 is 13.9 Å². The van der Waals surface area contributed by atoms with Crippen LogP contribution in [0.15, 0.2) is 36.4 Å². The molecule has 0 spiro atoms. The van der Waals surface area contributed by atoms with Crippen molar-refractivity contribution in [2.75, 3.05) is 0 Å². The van der Waals surface area contributed by atoms with Crippen LogP contribution in [0.5, 0.6) is 0 Å². The summed E-state index contributed by atoms with van der Waals surface area (Å²) in [7, 11) is 0. The summed E-state index contributed by atoms with van der Waals surface area (Å²) in [4.78, 5) is 0. The van der Waals surface area contributed by atoms with Crippen LogP contribution < -0.4 is 0 Å². The molecule has 0 aliphatic rings. The molecule has 1 atom stereocenters. The van der Waals surface area contributed by atoms with Crippen molar-refractivity contribution in [3.63, 3.8) is 0 Å². The number of hydrogen-bond donors (Lipinski definition) is 1. The van der Waals surface area contributed by atoms with Gasteiger partial charge in [-0.05, 0) is 48.2 Å². The van der Waals surface area contributed by atoms with Gasteiger partial charge in [-0.25, -0.2) is 8.78 Å². The molecule has 0 aliphatic carbocycles. The Bertz CT molecular complexity index is 553. The normalized spacial score (nSPS) is 12.5. The van der Waals surface area contributed by atoms with Gasteiger partial charge >= 0.3 is 0 Å². The third-order valence-corrected chi connectivity index (χ3v) is 3.31. The van der Waals surface area contributed by atoms with Crippen LogP contribution in [-0.4, -0.2) is 5.11 Å². The highest BCUT2D eigenvalue weighted by Crippen LogP contribution is 2.24. The third-order valence-electron chi connectivity index (χ3n) is 3.31. The molecule has 0 saturated carbocycles. The van der Waals surface area contributed by atoms with E-state index in [-0.39, 0.29) is 5.56 Å². The van der Waals surface area contributed by atoms with Crippen LogP contribution in [0.3, 0.4) is 0 Å². The summed E-state index contributed by atoms with van der Waals surface area (Å²) >= 11 is 0. The minimum Gasteiger partial charge on any atom is -0.388 e. The van der Waals surface area contributed by atoms with E-state index in [1.165, 1.54) is 12.1 Å². The Morgan fingerprint density at radius 3 is 2.05 bits per heavy atom. The van der Waals surface area contributed by atoms with E-state index in [2.05, 4.69) is 0 Å². The zero-order valence-electron chi connectivity index (χ0n) is 11.0. The molecule has 0 saturated heterocycles. The van der Waals surface area contributed by atoms with Crippen molar-refractivity contribution in [2.24, 2.45) is 0 Å². The van der Waals surface area contributed by atoms with E-state index in [0.29, 0.717) is 6.42 Å². The van der Waals surface area contributed by atoms with E-state index in [1.54, 1.807) is 0 Å². The van der Waals surface area contributed by atoms with Crippen molar-refractivity contribution in [3.8, 4) is 0 Å². The predicted octanol–water partition coefficient (Wildman–Crippen LogP) is 3.86. The first-order valence-electron chi connectivity index (χ1n) is 6.16. The molecule has 0 aromatic heterocycles. The minimum absolute atomic E-state index is 0.264. The highest BCUT2D eigenvalue weighted by atomic mass is 19.1. The fourth-order valence-corrected chi connectivity index (χ4v) is 2.25. The Balaban J connectivity index is 2.28. The average molecular weight is 262 g/mol. The van der Waals surface area contributed by atoms with Crippen molar-refractivity contribution >= 4 is 0 Å². The Morgan fingerprint density at radius 2 is 1.53 bits per heavy atom. The maximum absolute atomic E-state index is 13.1. The van der Waals surface area contributed by atoms with Crippen LogP contribution in [0.25, 0.3) is 0 Å². The van der Waals surface area contributed by atoms with Gasteiger partial charge in [-0.15, -0.1) is 0 Å². The van der Waals surface area contributed by atoms with Gasteiger partial charge in [0.15, 0.2) is 0 Å². The number of aliphatic hydroxyl groups excluding tert-OH is 1. The summed E-state index contributed by atoms with van der Waals surface area (Å²) in [6, 6.07) is 9.00. The molecule has 2 rings (SSSR count). The van der Waals surface area contributed by atoms with Gasteiger partial charge in [0.25, 0.3) is 0 Å². The average Bonchev–Trinajstić information content (AvgIpc) is 2.32. The molecule has 2 aromatic rings. The van der Waals surface area contributed by atoms with Crippen LogP contribution >= 0.6 is 0 Å². The second-order valence-electron chi connectivity index (χ2n) is 4.79. The van der Waals surface area contributed by atoms with Crippen molar-refractivity contribution in [3.05, 3.63) is 70.3 Å². The molecule has 3 heteroatoms. The second-order valence-corrected chi connectivity index (χ2v) is 4.79. The topological polar surface area (TPSA) is 20.2 Å². The lowest BCUT2D eigenvalue weighted by atomic mass is 9.94. The highest BCUT2D eigenvalue weighted by molar-refractivity contribution is 5.35. The molecular formula is C16H16F2O. The van der Waals surface area contributed by atoms with Gasteiger partial charge in [-0.3, -0.25) is 0 Å². The maximum Gasteiger partial charge on any atom is 0.126 e. The molecule has 0 amide bonds. The highest BCUT2D eigenvalue weighted by Gasteiger charge is 2.13. The van der Waals surface area contributed by atoms with Crippen molar-refractivity contribution in [1.82, 2.24) is 0 Å². The summed E-state index contributed by atoms with van der Waals surface area (Å²) in [5.74, 6) is -1.34. The molecule has 2 aromatic carbocycles. The number of rotatable bonds is 3. The summed E-state index contributed by atoms with van der Waals surface area (Å²) in [5, 5.41) is 10.1. The maximum atomic E-state index is 13.1. The van der Waals surface area contributed by atoms with E-state index in [9.17, 15) is 13.9 Å². The van der Waals surface area contributed by atoms with E-state index in [4.69, 9.17) is 0 Å². The number of hydrogen-bond acceptors (Lipinski definition) is 1. The predicted molar refractivity (Wildman–Crippen MR) is 70.9 cm³/mol. The van der Waals surface area contributed by atoms with Gasteiger partial charge in [0.2, 0.25) is 0 Å². The molecule has 0 bridgehead atoms. The largest absolute Gasteiger partial charge is 0.388 e. The van der Waals surface area contributed by atoms with Crippen molar-refractivity contribution in [2.45, 2.75) is 26.4 Å². The minimum atomic E-state index is -0.912. The number of benzene rings is 2. The molecule has 0 radical (unpaired) electrons. The number of aryl methyl sites for hydroxylation is 2. The lowest BCUT2D eigenvalue weighted by molar-refractivity contribution is 0.177. The number of halogens is 2. The van der Waals surface area contributed by atoms with Gasteiger partial charge in [-0.1, -0.05) is 18.2 Å². The van der Waals surface area contributed by atoms with Crippen molar-refractivity contribution in [1.29, 1.82) is 0 Å². The lowest BCUT2D eigenvalue weighted by Crippen LogP contribution is -2.05. The third kappa shape index (κ3) is 3.18. The Kier molecular flexibility index (Phi) is 3.96. The second kappa shape index (κ2) is 5.49. The fourth-order valence-electron chi connectivity index (χ4n) is 2.25. The summed E-state index contributed by atoms with van der Waals surface area (Å²) in [6.45, 7) is 3.92. The zero-order valence-corrected chi connectivity index (χ0v) is 11.0. The van der Waals surface area contributed by atoms with Crippen LogP contribution in [0.4, 0.5) is 8.78 Å². The molecule has 1 N–H and O–H groups in total. The van der Waals surface area contributed by atoms with Crippen LogP contribution in [-0.2, 0) is 6.42 Å². The summed E-state index contributed by atoms with van der Waals surface area (Å²) < 4.78 is 26.3. The molecule has 1 nitrogen and oxygen atoms in total. The van der Waals surface area contributed by atoms with Gasteiger partial charge in [0.05, 0.1) is 6.10 Å². The Morgan fingerprint density at radius 1 is 1.00 bits per heavy atom. The summed E-state index contributed by atoms with van der Waals surface area (Å²) in [5.41, 5.74) is 3.41. The first-order chi connectivity index (χ1) is 8.97. The molecule has 1 unspecified atom stereocenters. The van der Waals surface area contributed by atoms with Gasteiger partial charge in [-0.2, -0.15) is 0 Å². The number of aliphatic hydroxyl groups is 1. The monoisotopic (exact) mass is 262 g/mol. The molecule has 100 valence electrons. The molecule has 0 aliphatic heterocycles. The summed E-state index contributed by atoms with van der Waals surface area (Å²) in [6.07, 6.45) is -0.563. The van der Waals surface area contributed by atoms with Crippen LogP contribution in [0.1, 0.15) is 28.4 Å². The Labute approximate surface area is 111 Å². The molecule has 19 heavy (non-hydrogen) atoms. The van der Waals surface area contributed by atoms with Gasteiger partial charge in [0, 0.05) is 12.5 Å². The van der Waals surface area contributed by atoms with E-state index >= 15 is 0 Å². The smallest absolute Gasteiger partial charge is 0.126 e. The van der Waals surface area contributed by atoms with E-state index in [0.717, 1.165) is 22.8 Å². The first kappa shape index (κ1) is 13.7. The zero-order chi connectivity index (χ0) is 14.0.